The Morgan fingerprint density at radius 1 is 1.03 bits per heavy atom. The number of aromatic nitrogens is 1. The standard InChI is InChI=1S/C21H19F3N3O2/c22-21(23,24)29-19-7-2-1-4-15(19)26-14-9-12-27(13-10-14)17-6-3-5-16-20(17)18(28)8-11-25-16/h1-8,11,14,26H,9-10,12-13H2. The molecule has 0 bridgehead atoms. The first-order valence-electron chi connectivity index (χ1n) is 9.32. The Hall–Kier alpha value is -3.16. The van der Waals surface area contributed by atoms with Crippen molar-refractivity contribution in [2.75, 3.05) is 23.3 Å². The maximum Gasteiger partial charge on any atom is 0.573 e. The zero-order valence-corrected chi connectivity index (χ0v) is 15.4. The number of nitrogens with zero attached hydrogens (tertiary/aromatic N) is 2. The third-order valence-electron chi connectivity index (χ3n) is 5.01. The van der Waals surface area contributed by atoms with Gasteiger partial charge in [0.15, 0.2) is 11.5 Å². The quantitative estimate of drug-likeness (QED) is 0.639. The van der Waals surface area contributed by atoms with Crippen LogP contribution >= 0.6 is 0 Å². The number of rotatable bonds is 4. The highest BCUT2D eigenvalue weighted by atomic mass is 19.4. The molecule has 2 heterocycles. The lowest BCUT2D eigenvalue weighted by molar-refractivity contribution is -0.274. The van der Waals surface area contributed by atoms with Crippen molar-refractivity contribution < 1.29 is 23.0 Å². The van der Waals surface area contributed by atoms with Crippen LogP contribution in [-0.4, -0.2) is 30.5 Å². The first-order valence-corrected chi connectivity index (χ1v) is 9.32. The summed E-state index contributed by atoms with van der Waals surface area (Å²) in [7, 11) is 0. The highest BCUT2D eigenvalue weighted by molar-refractivity contribution is 5.96. The van der Waals surface area contributed by atoms with E-state index < -0.39 is 6.36 Å². The molecule has 1 aliphatic rings. The van der Waals surface area contributed by atoms with Crippen molar-refractivity contribution in [2.45, 2.75) is 25.2 Å². The topological polar surface area (TPSA) is 57.3 Å². The van der Waals surface area contributed by atoms with Crippen LogP contribution in [-0.2, 0) is 5.11 Å². The summed E-state index contributed by atoms with van der Waals surface area (Å²) in [4.78, 5) is 6.39. The molecule has 8 heteroatoms. The lowest BCUT2D eigenvalue weighted by Gasteiger charge is -2.35. The van der Waals surface area contributed by atoms with Gasteiger partial charge in [-0.25, -0.2) is 0 Å². The molecule has 1 saturated heterocycles. The fraction of sp³-hybridized carbons (Fsp3) is 0.286. The first kappa shape index (κ1) is 19.2. The summed E-state index contributed by atoms with van der Waals surface area (Å²) in [6, 6.07) is 13.1. The molecule has 0 aliphatic carbocycles. The van der Waals surface area contributed by atoms with E-state index in [2.05, 4.69) is 19.9 Å². The van der Waals surface area contributed by atoms with Crippen molar-refractivity contribution in [3.8, 4) is 11.5 Å². The van der Waals surface area contributed by atoms with Crippen LogP contribution in [0.1, 0.15) is 12.8 Å². The molecule has 0 atom stereocenters. The molecule has 1 aromatic heterocycles. The van der Waals surface area contributed by atoms with Gasteiger partial charge in [-0.1, -0.05) is 18.2 Å². The van der Waals surface area contributed by atoms with Crippen LogP contribution in [0, 0.1) is 0 Å². The zero-order valence-electron chi connectivity index (χ0n) is 15.4. The lowest BCUT2D eigenvalue weighted by atomic mass is 10.0. The van der Waals surface area contributed by atoms with E-state index in [1.165, 1.54) is 24.4 Å². The summed E-state index contributed by atoms with van der Waals surface area (Å²) < 4.78 is 41.9. The number of nitrogens with one attached hydrogen (secondary N) is 1. The monoisotopic (exact) mass is 402 g/mol. The molecule has 0 amide bonds. The van der Waals surface area contributed by atoms with Gasteiger partial charge in [-0.2, -0.15) is 0 Å². The summed E-state index contributed by atoms with van der Waals surface area (Å²) in [5, 5.41) is 16.1. The molecule has 3 aromatic rings. The zero-order chi connectivity index (χ0) is 20.4. The maximum absolute atomic E-state index is 12.6. The second-order valence-electron chi connectivity index (χ2n) is 6.93. The largest absolute Gasteiger partial charge is 0.573 e. The molecule has 0 spiro atoms. The van der Waals surface area contributed by atoms with E-state index in [9.17, 15) is 18.3 Å². The minimum atomic E-state index is -4.74. The lowest BCUT2D eigenvalue weighted by Crippen LogP contribution is -2.39. The van der Waals surface area contributed by atoms with E-state index in [1.807, 2.05) is 18.2 Å². The van der Waals surface area contributed by atoms with Crippen molar-refractivity contribution >= 4 is 22.3 Å². The predicted octanol–water partition coefficient (Wildman–Crippen LogP) is 5.36. The van der Waals surface area contributed by atoms with Crippen LogP contribution in [0.4, 0.5) is 24.5 Å². The third-order valence-corrected chi connectivity index (χ3v) is 5.01. The molecule has 0 saturated carbocycles. The average molecular weight is 402 g/mol. The molecule has 5 nitrogen and oxygen atoms in total. The summed E-state index contributed by atoms with van der Waals surface area (Å²) in [5.74, 6) is -0.303. The number of piperidine rings is 1. The second kappa shape index (κ2) is 7.69. The Kier molecular flexibility index (Phi) is 5.08. The van der Waals surface area contributed by atoms with E-state index in [0.717, 1.165) is 5.69 Å². The number of para-hydroxylation sites is 2. The van der Waals surface area contributed by atoms with Gasteiger partial charge in [0.1, 0.15) is 0 Å². The number of anilines is 2. The Bertz CT molecular complexity index is 997. The van der Waals surface area contributed by atoms with Gasteiger partial charge in [0, 0.05) is 31.4 Å². The Morgan fingerprint density at radius 2 is 1.79 bits per heavy atom. The molecule has 1 aliphatic heterocycles. The highest BCUT2D eigenvalue weighted by Crippen LogP contribution is 2.35. The predicted molar refractivity (Wildman–Crippen MR) is 104 cm³/mol. The number of hydrogen-bond acceptors (Lipinski definition) is 4. The molecule has 151 valence electrons. The van der Waals surface area contributed by atoms with Crippen molar-refractivity contribution in [3.05, 3.63) is 54.7 Å². The molecular formula is C21H19F3N3O2. The molecule has 1 fully saturated rings. The van der Waals surface area contributed by atoms with E-state index in [0.29, 0.717) is 42.5 Å². The van der Waals surface area contributed by atoms with Crippen LogP contribution in [0.5, 0.6) is 11.5 Å². The molecule has 1 radical (unpaired) electrons. The van der Waals surface area contributed by atoms with Gasteiger partial charge in [-0.3, -0.25) is 10.1 Å². The Morgan fingerprint density at radius 3 is 2.55 bits per heavy atom. The summed E-state index contributed by atoms with van der Waals surface area (Å²) >= 11 is 0. The minimum absolute atomic E-state index is 0.00376. The molecule has 4 rings (SSSR count). The molecule has 2 aromatic carbocycles. The summed E-state index contributed by atoms with van der Waals surface area (Å²) in [6.45, 7) is 1.35. The van der Waals surface area contributed by atoms with Gasteiger partial charge < -0.3 is 15.0 Å². The van der Waals surface area contributed by atoms with Crippen molar-refractivity contribution in [1.82, 2.24) is 4.98 Å². The van der Waals surface area contributed by atoms with E-state index in [-0.39, 0.29) is 17.5 Å². The summed E-state index contributed by atoms with van der Waals surface area (Å²) in [5.41, 5.74) is 1.83. The van der Waals surface area contributed by atoms with Crippen LogP contribution < -0.4 is 15.0 Å². The SMILES string of the molecule is [O]c1ccnc2cccc(N3CCC(Nc4ccccc4OC(F)(F)F)CC3)c12. The van der Waals surface area contributed by atoms with Gasteiger partial charge >= 0.3 is 6.36 Å². The van der Waals surface area contributed by atoms with Crippen molar-refractivity contribution in [2.24, 2.45) is 0 Å². The Balaban J connectivity index is 1.46. The minimum Gasteiger partial charge on any atom is -0.404 e. The number of benzene rings is 2. The fourth-order valence-electron chi connectivity index (χ4n) is 3.70. The average Bonchev–Trinajstić information content (AvgIpc) is 2.69. The van der Waals surface area contributed by atoms with Gasteiger partial charge in [0.25, 0.3) is 0 Å². The number of alkyl halides is 3. The molecule has 1 N–H and O–H groups in total. The van der Waals surface area contributed by atoms with Crippen LogP contribution in [0.25, 0.3) is 10.9 Å². The molecular weight excluding hydrogens is 383 g/mol. The van der Waals surface area contributed by atoms with Gasteiger partial charge in [0.2, 0.25) is 0 Å². The van der Waals surface area contributed by atoms with Crippen molar-refractivity contribution in [3.63, 3.8) is 0 Å². The number of fused-ring (bicyclic) bond motifs is 1. The van der Waals surface area contributed by atoms with Gasteiger partial charge in [-0.05, 0) is 37.1 Å². The second-order valence-corrected chi connectivity index (χ2v) is 6.93. The smallest absolute Gasteiger partial charge is 0.404 e. The van der Waals surface area contributed by atoms with Gasteiger partial charge in [-0.15, -0.1) is 13.2 Å². The fourth-order valence-corrected chi connectivity index (χ4v) is 3.70. The number of ether oxygens (including phenoxy) is 1. The van der Waals surface area contributed by atoms with E-state index in [1.54, 1.807) is 12.1 Å². The van der Waals surface area contributed by atoms with Crippen LogP contribution in [0.2, 0.25) is 0 Å². The van der Waals surface area contributed by atoms with Crippen molar-refractivity contribution in [1.29, 1.82) is 0 Å². The maximum atomic E-state index is 12.6. The van der Waals surface area contributed by atoms with E-state index in [4.69, 9.17) is 0 Å². The number of hydrogen-bond donors (Lipinski definition) is 1. The highest BCUT2D eigenvalue weighted by Gasteiger charge is 2.32. The van der Waals surface area contributed by atoms with E-state index >= 15 is 0 Å². The molecule has 0 unspecified atom stereocenters. The number of halogens is 3. The third kappa shape index (κ3) is 4.31. The summed E-state index contributed by atoms with van der Waals surface area (Å²) in [6.07, 6.45) is -1.80. The Labute approximate surface area is 165 Å². The van der Waals surface area contributed by atoms with Crippen LogP contribution in [0.3, 0.4) is 0 Å². The van der Waals surface area contributed by atoms with Gasteiger partial charge in [0.05, 0.1) is 22.3 Å². The first-order chi connectivity index (χ1) is 13.9. The number of pyridine rings is 1. The van der Waals surface area contributed by atoms with Crippen LogP contribution in [0.15, 0.2) is 54.7 Å². The normalized spacial score (nSPS) is 15.5. The molecule has 29 heavy (non-hydrogen) atoms.